The zero-order valence-corrected chi connectivity index (χ0v) is 21.1. The van der Waals surface area contributed by atoms with Gasteiger partial charge in [-0.05, 0) is 54.6 Å². The minimum Gasteiger partial charge on any atom is -0.379 e. The highest BCUT2D eigenvalue weighted by Crippen LogP contribution is 2.31. The van der Waals surface area contributed by atoms with E-state index in [1.54, 1.807) is 36.0 Å². The summed E-state index contributed by atoms with van der Waals surface area (Å²) in [6, 6.07) is 21.9. The number of nitrogens with one attached hydrogen (secondary N) is 1. The first-order chi connectivity index (χ1) is 16.9. The minimum absolute atomic E-state index is 0.0247. The molecule has 3 aromatic rings. The van der Waals surface area contributed by atoms with E-state index in [1.807, 2.05) is 48.7 Å². The Morgan fingerprint density at radius 1 is 0.971 bits per heavy atom. The Bertz CT molecular complexity index is 1260. The second-order valence-corrected chi connectivity index (χ2v) is 11.0. The van der Waals surface area contributed by atoms with Crippen molar-refractivity contribution in [3.8, 4) is 0 Å². The molecule has 0 unspecified atom stereocenters. The van der Waals surface area contributed by atoms with Gasteiger partial charge < -0.3 is 10.2 Å². The summed E-state index contributed by atoms with van der Waals surface area (Å²) in [5, 5.41) is 14.8. The van der Waals surface area contributed by atoms with Crippen molar-refractivity contribution in [2.45, 2.75) is 16.2 Å². The van der Waals surface area contributed by atoms with E-state index in [1.165, 1.54) is 10.4 Å². The van der Waals surface area contributed by atoms with E-state index in [0.717, 1.165) is 22.6 Å². The lowest BCUT2D eigenvalue weighted by Gasteiger charge is -2.35. The summed E-state index contributed by atoms with van der Waals surface area (Å²) in [4.78, 5) is 14.5. The number of nitro groups is 1. The highest BCUT2D eigenvalue weighted by molar-refractivity contribution is 7.98. The third-order valence-electron chi connectivity index (χ3n) is 6.05. The van der Waals surface area contributed by atoms with E-state index in [9.17, 15) is 18.5 Å². The van der Waals surface area contributed by atoms with Crippen LogP contribution in [0.5, 0.6) is 0 Å². The first-order valence-corrected chi connectivity index (χ1v) is 14.0. The van der Waals surface area contributed by atoms with Crippen LogP contribution in [0.1, 0.15) is 5.56 Å². The maximum Gasteiger partial charge on any atom is 0.292 e. The van der Waals surface area contributed by atoms with Crippen LogP contribution in [0, 0.1) is 10.1 Å². The molecule has 0 aliphatic carbocycles. The summed E-state index contributed by atoms with van der Waals surface area (Å²) in [6.07, 6.45) is 2.70. The Labute approximate surface area is 210 Å². The summed E-state index contributed by atoms with van der Waals surface area (Å²) in [5.41, 5.74) is 2.47. The van der Waals surface area contributed by atoms with Gasteiger partial charge in [-0.15, -0.1) is 11.8 Å². The molecule has 8 nitrogen and oxygen atoms in total. The van der Waals surface area contributed by atoms with Gasteiger partial charge in [0.1, 0.15) is 5.69 Å². The Morgan fingerprint density at radius 3 is 2.29 bits per heavy atom. The first kappa shape index (κ1) is 25.0. The number of hydrogen-bond acceptors (Lipinski definition) is 7. The number of rotatable bonds is 9. The van der Waals surface area contributed by atoms with Crippen molar-refractivity contribution in [3.05, 3.63) is 88.5 Å². The molecule has 1 aliphatic rings. The van der Waals surface area contributed by atoms with Crippen LogP contribution in [0.4, 0.5) is 17.1 Å². The molecule has 0 saturated carbocycles. The molecule has 0 aromatic heterocycles. The van der Waals surface area contributed by atoms with E-state index in [4.69, 9.17) is 0 Å². The van der Waals surface area contributed by atoms with Crippen LogP contribution in [-0.4, -0.2) is 56.6 Å². The zero-order chi connectivity index (χ0) is 24.8. The average molecular weight is 513 g/mol. The third kappa shape index (κ3) is 5.95. The van der Waals surface area contributed by atoms with Gasteiger partial charge >= 0.3 is 0 Å². The Balaban J connectivity index is 1.43. The van der Waals surface area contributed by atoms with E-state index in [0.29, 0.717) is 43.3 Å². The van der Waals surface area contributed by atoms with Crippen LogP contribution >= 0.6 is 11.8 Å². The van der Waals surface area contributed by atoms with Crippen molar-refractivity contribution in [1.29, 1.82) is 0 Å². The number of sulfonamides is 1. The van der Waals surface area contributed by atoms with Crippen LogP contribution in [0.3, 0.4) is 0 Å². The SMILES string of the molecule is CSc1ccc(S(=O)(=O)N2CCN(c3ccc([N+](=O)[O-])c(NCCc4ccccc4)c3)CC2)cc1. The van der Waals surface area contributed by atoms with Gasteiger partial charge in [-0.1, -0.05) is 30.3 Å². The highest BCUT2D eigenvalue weighted by atomic mass is 32.2. The zero-order valence-electron chi connectivity index (χ0n) is 19.5. The quantitative estimate of drug-likeness (QED) is 0.256. The molecule has 1 aliphatic heterocycles. The van der Waals surface area contributed by atoms with Gasteiger partial charge in [-0.3, -0.25) is 10.1 Å². The fourth-order valence-corrected chi connectivity index (χ4v) is 5.92. The molecule has 10 heteroatoms. The van der Waals surface area contributed by atoms with Gasteiger partial charge in [-0.2, -0.15) is 4.31 Å². The smallest absolute Gasteiger partial charge is 0.292 e. The highest BCUT2D eigenvalue weighted by Gasteiger charge is 2.29. The second-order valence-electron chi connectivity index (χ2n) is 8.19. The third-order valence-corrected chi connectivity index (χ3v) is 8.71. The number of hydrogen-bond donors (Lipinski definition) is 1. The number of thioether (sulfide) groups is 1. The molecule has 0 atom stereocenters. The Kier molecular flexibility index (Phi) is 7.94. The molecule has 184 valence electrons. The molecule has 3 aromatic carbocycles. The van der Waals surface area contributed by atoms with Crippen molar-refractivity contribution in [1.82, 2.24) is 4.31 Å². The van der Waals surface area contributed by atoms with Crippen LogP contribution < -0.4 is 10.2 Å². The van der Waals surface area contributed by atoms with Crippen molar-refractivity contribution >= 4 is 38.8 Å². The summed E-state index contributed by atoms with van der Waals surface area (Å²) in [7, 11) is -3.56. The van der Waals surface area contributed by atoms with Crippen LogP contribution in [-0.2, 0) is 16.4 Å². The molecular formula is C25H28N4O4S2. The number of nitrogens with zero attached hydrogens (tertiary/aromatic N) is 3. The van der Waals surface area contributed by atoms with Gasteiger partial charge in [0, 0.05) is 49.4 Å². The molecule has 1 heterocycles. The molecule has 1 saturated heterocycles. The minimum atomic E-state index is -3.56. The predicted molar refractivity (Wildman–Crippen MR) is 141 cm³/mol. The van der Waals surface area contributed by atoms with Gasteiger partial charge in [-0.25, -0.2) is 8.42 Å². The van der Waals surface area contributed by atoms with E-state index in [2.05, 4.69) is 10.2 Å². The first-order valence-electron chi connectivity index (χ1n) is 11.3. The molecule has 0 spiro atoms. The van der Waals surface area contributed by atoms with E-state index >= 15 is 0 Å². The predicted octanol–water partition coefficient (Wildman–Crippen LogP) is 4.48. The normalized spacial score (nSPS) is 14.6. The van der Waals surface area contributed by atoms with Gasteiger partial charge in [0.2, 0.25) is 10.0 Å². The molecule has 35 heavy (non-hydrogen) atoms. The topological polar surface area (TPSA) is 95.8 Å². The number of anilines is 2. The number of piperazine rings is 1. The largest absolute Gasteiger partial charge is 0.379 e. The Morgan fingerprint density at radius 2 is 1.66 bits per heavy atom. The van der Waals surface area contributed by atoms with Gasteiger partial charge in [0.25, 0.3) is 5.69 Å². The lowest BCUT2D eigenvalue weighted by atomic mass is 10.1. The van der Waals surface area contributed by atoms with E-state index < -0.39 is 10.0 Å². The van der Waals surface area contributed by atoms with Crippen LogP contribution in [0.25, 0.3) is 0 Å². The summed E-state index contributed by atoms with van der Waals surface area (Å²) >= 11 is 1.57. The molecule has 1 N–H and O–H groups in total. The fourth-order valence-electron chi connectivity index (χ4n) is 4.09. The average Bonchev–Trinajstić information content (AvgIpc) is 2.89. The molecule has 0 bridgehead atoms. The van der Waals surface area contributed by atoms with Gasteiger partial charge in [0.15, 0.2) is 0 Å². The van der Waals surface area contributed by atoms with Crippen molar-refractivity contribution < 1.29 is 13.3 Å². The Hall–Kier alpha value is -3.08. The van der Waals surface area contributed by atoms with Crippen molar-refractivity contribution in [2.75, 3.05) is 49.2 Å². The summed E-state index contributed by atoms with van der Waals surface area (Å²) in [5.74, 6) is 0. The number of benzene rings is 3. The standard InChI is InChI=1S/C25H28N4O4S2/c1-34-22-8-10-23(11-9-22)35(32,33)28-17-15-27(16-18-28)21-7-12-25(29(30)31)24(19-21)26-14-13-20-5-3-2-4-6-20/h2-12,19,26H,13-18H2,1H3. The maximum absolute atomic E-state index is 13.1. The monoisotopic (exact) mass is 512 g/mol. The fraction of sp³-hybridized carbons (Fsp3) is 0.280. The van der Waals surface area contributed by atoms with Crippen LogP contribution in [0.2, 0.25) is 0 Å². The molecule has 4 rings (SSSR count). The lowest BCUT2D eigenvalue weighted by Crippen LogP contribution is -2.48. The van der Waals surface area contributed by atoms with E-state index in [-0.39, 0.29) is 10.6 Å². The molecule has 0 radical (unpaired) electrons. The number of nitro benzene ring substituents is 1. The maximum atomic E-state index is 13.1. The summed E-state index contributed by atoms with van der Waals surface area (Å²) < 4.78 is 27.6. The second kappa shape index (κ2) is 11.1. The molecular weight excluding hydrogens is 484 g/mol. The van der Waals surface area contributed by atoms with Crippen LogP contribution in [0.15, 0.2) is 82.6 Å². The summed E-state index contributed by atoms with van der Waals surface area (Å²) in [6.45, 7) is 2.27. The molecule has 1 fully saturated rings. The van der Waals surface area contributed by atoms with Gasteiger partial charge in [0.05, 0.1) is 9.82 Å². The van der Waals surface area contributed by atoms with Crippen molar-refractivity contribution in [3.63, 3.8) is 0 Å². The lowest BCUT2D eigenvalue weighted by molar-refractivity contribution is -0.383. The van der Waals surface area contributed by atoms with Crippen molar-refractivity contribution in [2.24, 2.45) is 0 Å². The molecule has 0 amide bonds.